The molecule has 0 atom stereocenters. The van der Waals surface area contributed by atoms with Gasteiger partial charge in [0.15, 0.2) is 5.82 Å². The maximum atomic E-state index is 12.3. The minimum atomic E-state index is 0.219. The lowest BCUT2D eigenvalue weighted by Crippen LogP contribution is -2.38. The zero-order valence-corrected chi connectivity index (χ0v) is 12.7. The molecule has 1 saturated heterocycles. The van der Waals surface area contributed by atoms with Crippen LogP contribution in [-0.2, 0) is 11.2 Å². The predicted molar refractivity (Wildman–Crippen MR) is 80.1 cm³/mol. The minimum Gasteiger partial charge on any atom is -0.343 e. The van der Waals surface area contributed by atoms with Crippen molar-refractivity contribution in [3.8, 4) is 0 Å². The Morgan fingerprint density at radius 3 is 2.68 bits per heavy atom. The van der Waals surface area contributed by atoms with E-state index >= 15 is 0 Å². The largest absolute Gasteiger partial charge is 0.343 e. The third-order valence-electron chi connectivity index (χ3n) is 4.12. The number of carbonyl (C=O) groups is 1. The molecule has 6 heteroatoms. The molecule has 0 unspecified atom stereocenters. The molecule has 0 bridgehead atoms. The molecule has 116 valence electrons. The van der Waals surface area contributed by atoms with Gasteiger partial charge in [-0.3, -0.25) is 9.78 Å². The van der Waals surface area contributed by atoms with Crippen LogP contribution >= 0.6 is 0 Å². The number of piperidine rings is 1. The van der Waals surface area contributed by atoms with Gasteiger partial charge in [0.1, 0.15) is 0 Å². The van der Waals surface area contributed by atoms with Gasteiger partial charge in [-0.2, -0.15) is 4.98 Å². The van der Waals surface area contributed by atoms with E-state index in [1.165, 1.54) is 0 Å². The number of aryl methyl sites for hydroxylation is 2. The second-order valence-electron chi connectivity index (χ2n) is 5.69. The molecular weight excluding hydrogens is 280 g/mol. The summed E-state index contributed by atoms with van der Waals surface area (Å²) in [7, 11) is 0. The van der Waals surface area contributed by atoms with E-state index in [4.69, 9.17) is 4.52 Å². The fourth-order valence-corrected chi connectivity index (χ4v) is 2.81. The molecule has 2 aromatic heterocycles. The Labute approximate surface area is 129 Å². The van der Waals surface area contributed by atoms with Gasteiger partial charge in [0.25, 0.3) is 0 Å². The summed E-state index contributed by atoms with van der Waals surface area (Å²) in [4.78, 5) is 22.5. The smallest absolute Gasteiger partial charge is 0.229 e. The van der Waals surface area contributed by atoms with Crippen LogP contribution < -0.4 is 0 Å². The summed E-state index contributed by atoms with van der Waals surface area (Å²) in [5.41, 5.74) is 1.15. The Bertz CT molecular complexity index is 618. The molecule has 1 aliphatic heterocycles. The molecule has 3 rings (SSSR count). The Hall–Kier alpha value is -2.24. The number of nitrogens with zero attached hydrogens (tertiary/aromatic N) is 4. The Balaban J connectivity index is 1.47. The van der Waals surface area contributed by atoms with Gasteiger partial charge in [0.05, 0.1) is 0 Å². The van der Waals surface area contributed by atoms with Crippen molar-refractivity contribution in [3.05, 3.63) is 41.8 Å². The van der Waals surface area contributed by atoms with Gasteiger partial charge in [-0.15, -0.1) is 0 Å². The van der Waals surface area contributed by atoms with Crippen LogP contribution in [0.2, 0.25) is 0 Å². The first-order chi connectivity index (χ1) is 10.7. The predicted octanol–water partition coefficient (Wildman–Crippen LogP) is 2.11. The number of hydrogen-bond acceptors (Lipinski definition) is 5. The molecule has 0 radical (unpaired) electrons. The standard InChI is InChI=1S/C16H20N4O2/c1-12-18-16(22-19-12)14-6-10-20(11-7-14)15(21)3-2-13-4-8-17-9-5-13/h4-5,8-9,14H,2-3,6-7,10-11H2,1H3. The first kappa shape index (κ1) is 14.7. The second kappa shape index (κ2) is 6.68. The van der Waals surface area contributed by atoms with Gasteiger partial charge in [-0.05, 0) is 43.9 Å². The summed E-state index contributed by atoms with van der Waals surface area (Å²) in [5.74, 6) is 1.88. The van der Waals surface area contributed by atoms with Crippen LogP contribution in [0.3, 0.4) is 0 Å². The number of rotatable bonds is 4. The van der Waals surface area contributed by atoms with E-state index in [-0.39, 0.29) is 11.8 Å². The molecule has 0 saturated carbocycles. The van der Waals surface area contributed by atoms with Gasteiger partial charge >= 0.3 is 0 Å². The van der Waals surface area contributed by atoms with Gasteiger partial charge in [0.2, 0.25) is 11.8 Å². The normalized spacial score (nSPS) is 16.0. The summed E-state index contributed by atoms with van der Waals surface area (Å²) in [6, 6.07) is 3.91. The summed E-state index contributed by atoms with van der Waals surface area (Å²) in [6.45, 7) is 3.35. The molecule has 22 heavy (non-hydrogen) atoms. The van der Waals surface area contributed by atoms with Crippen molar-refractivity contribution in [3.63, 3.8) is 0 Å². The average Bonchev–Trinajstić information content (AvgIpc) is 3.00. The van der Waals surface area contributed by atoms with E-state index < -0.39 is 0 Å². The molecule has 3 heterocycles. The zero-order chi connectivity index (χ0) is 15.4. The summed E-state index contributed by atoms with van der Waals surface area (Å²) >= 11 is 0. The molecule has 0 aliphatic carbocycles. The zero-order valence-electron chi connectivity index (χ0n) is 12.7. The lowest BCUT2D eigenvalue weighted by molar-refractivity contribution is -0.132. The van der Waals surface area contributed by atoms with Crippen molar-refractivity contribution in [2.75, 3.05) is 13.1 Å². The molecule has 0 aromatic carbocycles. The van der Waals surface area contributed by atoms with Gasteiger partial charge in [-0.25, -0.2) is 0 Å². The van der Waals surface area contributed by atoms with E-state index in [0.29, 0.717) is 18.1 Å². The lowest BCUT2D eigenvalue weighted by Gasteiger charge is -2.30. The highest BCUT2D eigenvalue weighted by atomic mass is 16.5. The highest BCUT2D eigenvalue weighted by Crippen LogP contribution is 2.27. The number of pyridine rings is 1. The maximum Gasteiger partial charge on any atom is 0.229 e. The van der Waals surface area contributed by atoms with E-state index in [9.17, 15) is 4.79 Å². The lowest BCUT2D eigenvalue weighted by atomic mass is 9.96. The number of aromatic nitrogens is 3. The molecule has 6 nitrogen and oxygen atoms in total. The highest BCUT2D eigenvalue weighted by Gasteiger charge is 2.26. The molecule has 1 amide bonds. The second-order valence-corrected chi connectivity index (χ2v) is 5.69. The third kappa shape index (κ3) is 3.50. The molecule has 2 aromatic rings. The number of likely N-dealkylation sites (tertiary alicyclic amines) is 1. The van der Waals surface area contributed by atoms with E-state index in [1.807, 2.05) is 24.0 Å². The molecular formula is C16H20N4O2. The van der Waals surface area contributed by atoms with Crippen LogP contribution in [-0.4, -0.2) is 39.0 Å². The Kier molecular flexibility index (Phi) is 4.46. The first-order valence-electron chi connectivity index (χ1n) is 7.69. The minimum absolute atomic E-state index is 0.219. The van der Waals surface area contributed by atoms with Crippen LogP contribution in [0.4, 0.5) is 0 Å². The molecule has 0 spiro atoms. The first-order valence-corrected chi connectivity index (χ1v) is 7.69. The van der Waals surface area contributed by atoms with Crippen molar-refractivity contribution in [2.45, 2.75) is 38.5 Å². The van der Waals surface area contributed by atoms with Crippen molar-refractivity contribution >= 4 is 5.91 Å². The summed E-state index contributed by atoms with van der Waals surface area (Å²) in [6.07, 6.45) is 6.62. The molecule has 1 fully saturated rings. The highest BCUT2D eigenvalue weighted by molar-refractivity contribution is 5.76. The maximum absolute atomic E-state index is 12.3. The van der Waals surface area contributed by atoms with Crippen LogP contribution in [0.15, 0.2) is 29.0 Å². The number of hydrogen-bond donors (Lipinski definition) is 0. The fourth-order valence-electron chi connectivity index (χ4n) is 2.81. The van der Waals surface area contributed by atoms with Crippen LogP contribution in [0.5, 0.6) is 0 Å². The van der Waals surface area contributed by atoms with Crippen LogP contribution in [0.1, 0.15) is 42.5 Å². The van der Waals surface area contributed by atoms with Crippen molar-refractivity contribution < 1.29 is 9.32 Å². The summed E-state index contributed by atoms with van der Waals surface area (Å²) < 4.78 is 5.23. The van der Waals surface area contributed by atoms with Crippen molar-refractivity contribution in [1.29, 1.82) is 0 Å². The topological polar surface area (TPSA) is 72.1 Å². The molecule has 0 N–H and O–H groups in total. The SMILES string of the molecule is Cc1noc(C2CCN(C(=O)CCc3ccncc3)CC2)n1. The van der Waals surface area contributed by atoms with Crippen LogP contribution in [0, 0.1) is 6.92 Å². The van der Waals surface area contributed by atoms with Crippen molar-refractivity contribution in [1.82, 2.24) is 20.0 Å². The van der Waals surface area contributed by atoms with Gasteiger partial charge in [-0.1, -0.05) is 5.16 Å². The van der Waals surface area contributed by atoms with Gasteiger partial charge < -0.3 is 9.42 Å². The average molecular weight is 300 g/mol. The Morgan fingerprint density at radius 1 is 1.32 bits per heavy atom. The number of amides is 1. The van der Waals surface area contributed by atoms with E-state index in [0.717, 1.165) is 37.9 Å². The summed E-state index contributed by atoms with van der Waals surface area (Å²) in [5, 5.41) is 3.84. The molecule has 1 aliphatic rings. The monoisotopic (exact) mass is 300 g/mol. The van der Waals surface area contributed by atoms with Gasteiger partial charge in [0, 0.05) is 37.8 Å². The quantitative estimate of drug-likeness (QED) is 0.864. The van der Waals surface area contributed by atoms with Crippen LogP contribution in [0.25, 0.3) is 0 Å². The fraction of sp³-hybridized carbons (Fsp3) is 0.500. The van der Waals surface area contributed by atoms with E-state index in [2.05, 4.69) is 15.1 Å². The Morgan fingerprint density at radius 2 is 2.05 bits per heavy atom. The van der Waals surface area contributed by atoms with Crippen molar-refractivity contribution in [2.24, 2.45) is 0 Å². The number of carbonyl (C=O) groups excluding carboxylic acids is 1. The third-order valence-corrected chi connectivity index (χ3v) is 4.12. The van der Waals surface area contributed by atoms with E-state index in [1.54, 1.807) is 12.4 Å².